The SMILES string of the molecule is C[N-]C.C[N-]C.C[N-][Si](C)(C)CC1CCCC1Br.[CH3-].[Zr+4]. The van der Waals surface area contributed by atoms with Crippen LogP contribution in [0.4, 0.5) is 0 Å². The van der Waals surface area contributed by atoms with E-state index < -0.39 is 8.24 Å². The van der Waals surface area contributed by atoms with Gasteiger partial charge in [0.05, 0.1) is 0 Å². The summed E-state index contributed by atoms with van der Waals surface area (Å²) in [5, 5.41) is 7.00. The molecule has 0 saturated heterocycles. The second kappa shape index (κ2) is 18.5. The van der Waals surface area contributed by atoms with E-state index in [0.717, 1.165) is 10.7 Å². The zero-order chi connectivity index (χ0) is 14.6. The molecular formula is C14H34BrN3SiZr. The Hall–Kier alpha value is 1.46. The van der Waals surface area contributed by atoms with E-state index in [1.54, 1.807) is 28.2 Å². The van der Waals surface area contributed by atoms with Gasteiger partial charge in [-0.3, -0.25) is 0 Å². The molecule has 2 atom stereocenters. The Morgan fingerprint density at radius 1 is 1.00 bits per heavy atom. The summed E-state index contributed by atoms with van der Waals surface area (Å²) >= 11 is 3.77. The number of alkyl halides is 1. The minimum Gasteiger partial charge on any atom is -0.668 e. The van der Waals surface area contributed by atoms with Crippen LogP contribution in [0.3, 0.4) is 0 Å². The predicted molar refractivity (Wildman–Crippen MR) is 98.5 cm³/mol. The standard InChI is InChI=1S/C9H19BrNSi.2C2H6N.CH3.Zr/c1-11-12(2,3)7-8-5-4-6-9(8)10;2*1-3-2;;/h8-9H,4-7H2,1-3H3;2*1-2H3;1H3;/q4*-1;+4. The Bertz CT molecular complexity index is 184. The molecule has 3 nitrogen and oxygen atoms in total. The maximum Gasteiger partial charge on any atom is 4.00 e. The van der Waals surface area contributed by atoms with E-state index in [-0.39, 0.29) is 33.6 Å². The van der Waals surface area contributed by atoms with Crippen molar-refractivity contribution in [1.82, 2.24) is 0 Å². The van der Waals surface area contributed by atoms with Gasteiger partial charge >= 0.3 is 26.2 Å². The van der Waals surface area contributed by atoms with Crippen LogP contribution in [0.1, 0.15) is 19.3 Å². The smallest absolute Gasteiger partial charge is 0.668 e. The molecule has 6 heteroatoms. The summed E-state index contributed by atoms with van der Waals surface area (Å²) in [6.45, 7) is 4.73. The van der Waals surface area contributed by atoms with Crippen molar-refractivity contribution < 1.29 is 26.2 Å². The molecular weight excluding hydrogens is 409 g/mol. The van der Waals surface area contributed by atoms with Crippen LogP contribution in [-0.4, -0.2) is 48.3 Å². The number of halogens is 1. The van der Waals surface area contributed by atoms with Crippen molar-refractivity contribution in [2.45, 2.75) is 43.2 Å². The molecule has 1 fully saturated rings. The van der Waals surface area contributed by atoms with Crippen LogP contribution in [0.2, 0.25) is 19.1 Å². The largest absolute Gasteiger partial charge is 4.00 e. The van der Waals surface area contributed by atoms with Crippen LogP contribution in [-0.2, 0) is 26.2 Å². The van der Waals surface area contributed by atoms with E-state index in [1.807, 2.05) is 7.05 Å². The number of nitrogens with zero attached hydrogens (tertiary/aromatic N) is 3. The monoisotopic (exact) mass is 441 g/mol. The summed E-state index contributed by atoms with van der Waals surface area (Å²) in [6.07, 6.45) is 4.20. The molecule has 1 rings (SSSR count). The Kier molecular flexibility index (Phi) is 27.3. The van der Waals surface area contributed by atoms with E-state index in [4.69, 9.17) is 0 Å². The van der Waals surface area contributed by atoms with Crippen LogP contribution >= 0.6 is 15.9 Å². The van der Waals surface area contributed by atoms with Gasteiger partial charge in [0.15, 0.2) is 0 Å². The van der Waals surface area contributed by atoms with Gasteiger partial charge in [-0.1, -0.05) is 49.7 Å². The van der Waals surface area contributed by atoms with Crippen LogP contribution in [0.15, 0.2) is 0 Å². The summed E-state index contributed by atoms with van der Waals surface area (Å²) in [7, 11) is 7.80. The molecule has 120 valence electrons. The molecule has 0 amide bonds. The third kappa shape index (κ3) is 17.5. The van der Waals surface area contributed by atoms with Gasteiger partial charge in [-0.05, 0) is 18.8 Å². The average Bonchev–Trinajstić information content (AvgIpc) is 2.66. The maximum absolute atomic E-state index is 4.54. The summed E-state index contributed by atoms with van der Waals surface area (Å²) in [4.78, 5) is 5.32. The molecule has 1 aliphatic carbocycles. The van der Waals surface area contributed by atoms with Crippen LogP contribution < -0.4 is 0 Å². The normalized spacial score (nSPS) is 20.4. The van der Waals surface area contributed by atoms with Crippen LogP contribution in [0, 0.1) is 13.3 Å². The summed E-state index contributed by atoms with van der Waals surface area (Å²) in [5.41, 5.74) is 0. The third-order valence-electron chi connectivity index (χ3n) is 2.93. The van der Waals surface area contributed by atoms with E-state index in [9.17, 15) is 0 Å². The molecule has 0 aromatic rings. The van der Waals surface area contributed by atoms with Crippen molar-refractivity contribution in [2.75, 3.05) is 35.2 Å². The van der Waals surface area contributed by atoms with E-state index in [2.05, 4.69) is 44.6 Å². The van der Waals surface area contributed by atoms with Gasteiger partial charge in [0.2, 0.25) is 0 Å². The Labute approximate surface area is 157 Å². The molecule has 0 heterocycles. The summed E-state index contributed by atoms with van der Waals surface area (Å²) in [5.74, 6) is 0.912. The number of hydrogen-bond donors (Lipinski definition) is 0. The van der Waals surface area contributed by atoms with E-state index >= 15 is 0 Å². The van der Waals surface area contributed by atoms with Crippen molar-refractivity contribution in [2.24, 2.45) is 5.92 Å². The Balaban J connectivity index is -0.000000139. The average molecular weight is 444 g/mol. The zero-order valence-corrected chi connectivity index (χ0v) is 19.7. The van der Waals surface area contributed by atoms with Crippen LogP contribution in [0.25, 0.3) is 15.6 Å². The van der Waals surface area contributed by atoms with Crippen molar-refractivity contribution in [1.29, 1.82) is 0 Å². The molecule has 0 spiro atoms. The van der Waals surface area contributed by atoms with Crippen molar-refractivity contribution in [3.05, 3.63) is 23.0 Å². The second-order valence-corrected chi connectivity index (χ2v) is 11.0. The van der Waals surface area contributed by atoms with Gasteiger partial charge in [-0.2, -0.15) is 35.2 Å². The molecule has 2 unspecified atom stereocenters. The number of rotatable bonds is 3. The first kappa shape index (κ1) is 29.5. The second-order valence-electron chi connectivity index (χ2n) is 5.34. The molecule has 0 aromatic carbocycles. The fourth-order valence-corrected chi connectivity index (χ4v) is 5.03. The van der Waals surface area contributed by atoms with Crippen molar-refractivity contribution in [3.8, 4) is 0 Å². The van der Waals surface area contributed by atoms with E-state index in [1.165, 1.54) is 25.3 Å². The molecule has 0 radical (unpaired) electrons. The zero-order valence-electron chi connectivity index (χ0n) is 14.7. The fourth-order valence-electron chi connectivity index (χ4n) is 1.95. The van der Waals surface area contributed by atoms with Gasteiger partial charge in [-0.15, -0.1) is 0 Å². The summed E-state index contributed by atoms with van der Waals surface area (Å²) < 4.78 is 0. The van der Waals surface area contributed by atoms with Gasteiger partial charge in [0.25, 0.3) is 0 Å². The van der Waals surface area contributed by atoms with Gasteiger partial charge in [0.1, 0.15) is 0 Å². The first-order chi connectivity index (χ1) is 8.38. The summed E-state index contributed by atoms with van der Waals surface area (Å²) in [6, 6.07) is 1.37. The topological polar surface area (TPSA) is 42.3 Å². The van der Waals surface area contributed by atoms with Crippen molar-refractivity contribution >= 4 is 24.2 Å². The molecule has 0 bridgehead atoms. The first-order valence-corrected chi connectivity index (χ1v) is 10.7. The molecule has 0 N–H and O–H groups in total. The fraction of sp³-hybridized carbons (Fsp3) is 0.929. The van der Waals surface area contributed by atoms with E-state index in [0.29, 0.717) is 0 Å². The predicted octanol–water partition coefficient (Wildman–Crippen LogP) is 5.45. The van der Waals surface area contributed by atoms with Crippen LogP contribution in [0.5, 0.6) is 0 Å². The van der Waals surface area contributed by atoms with Gasteiger partial charge in [0, 0.05) is 4.83 Å². The Morgan fingerprint density at radius 3 is 1.65 bits per heavy atom. The molecule has 1 aliphatic rings. The molecule has 0 aliphatic heterocycles. The number of hydrogen-bond acceptors (Lipinski definition) is 0. The molecule has 0 aromatic heterocycles. The minimum atomic E-state index is -1.19. The van der Waals surface area contributed by atoms with Gasteiger partial charge < -0.3 is 23.0 Å². The molecule has 1 saturated carbocycles. The van der Waals surface area contributed by atoms with Gasteiger partial charge in [-0.25, -0.2) is 0 Å². The third-order valence-corrected chi connectivity index (χ3v) is 6.87. The quantitative estimate of drug-likeness (QED) is 0.316. The maximum atomic E-state index is 4.54. The first-order valence-electron chi connectivity index (χ1n) is 6.59. The minimum absolute atomic E-state index is 0. The Morgan fingerprint density at radius 2 is 1.40 bits per heavy atom. The molecule has 20 heavy (non-hydrogen) atoms. The van der Waals surface area contributed by atoms with Crippen molar-refractivity contribution in [3.63, 3.8) is 0 Å².